The molecule has 3 nitrogen and oxygen atoms in total. The van der Waals surface area contributed by atoms with Gasteiger partial charge in [0.05, 0.1) is 5.60 Å². The van der Waals surface area contributed by atoms with Crippen LogP contribution in [0.1, 0.15) is 56.2 Å². The van der Waals surface area contributed by atoms with E-state index in [1.165, 1.54) is 12.8 Å². The lowest BCUT2D eigenvalue weighted by atomic mass is 9.68. The third-order valence-corrected chi connectivity index (χ3v) is 6.50. The number of ether oxygens (including phenoxy) is 1. The minimum absolute atomic E-state index is 0.00949. The number of hydrogen-bond acceptors (Lipinski definition) is 3. The van der Waals surface area contributed by atoms with E-state index in [0.29, 0.717) is 12.1 Å². The first-order chi connectivity index (χ1) is 13.6. The third kappa shape index (κ3) is 3.96. The first-order valence-corrected chi connectivity index (χ1v) is 10.3. The van der Waals surface area contributed by atoms with Crippen LogP contribution in [0.25, 0.3) is 0 Å². The predicted molar refractivity (Wildman–Crippen MR) is 105 cm³/mol. The number of rotatable bonds is 6. The molecule has 5 heteroatoms. The van der Waals surface area contributed by atoms with Crippen LogP contribution in [0.15, 0.2) is 42.6 Å². The van der Waals surface area contributed by atoms with Gasteiger partial charge in [0.2, 0.25) is 0 Å². The molecule has 0 radical (unpaired) electrons. The summed E-state index contributed by atoms with van der Waals surface area (Å²) in [6.07, 6.45) is 9.43. The lowest BCUT2D eigenvalue weighted by Gasteiger charge is -2.46. The molecule has 4 rings (SSSR count). The average Bonchev–Trinajstić information content (AvgIpc) is 3.16. The van der Waals surface area contributed by atoms with Crippen LogP contribution < -0.4 is 5.32 Å². The smallest absolute Gasteiger partial charge is 0.163 e. The van der Waals surface area contributed by atoms with Crippen molar-refractivity contribution < 1.29 is 13.5 Å². The van der Waals surface area contributed by atoms with Gasteiger partial charge < -0.3 is 10.1 Å². The van der Waals surface area contributed by atoms with Gasteiger partial charge >= 0.3 is 0 Å². The Balaban J connectivity index is 1.46. The van der Waals surface area contributed by atoms with E-state index in [-0.39, 0.29) is 11.0 Å². The van der Waals surface area contributed by atoms with E-state index in [9.17, 15) is 8.78 Å². The van der Waals surface area contributed by atoms with Crippen LogP contribution in [-0.2, 0) is 16.7 Å². The minimum atomic E-state index is -0.795. The number of aromatic nitrogens is 1. The number of benzene rings is 1. The zero-order valence-corrected chi connectivity index (χ0v) is 16.2. The number of pyridine rings is 1. The molecular weight excluding hydrogens is 358 g/mol. The van der Waals surface area contributed by atoms with Gasteiger partial charge in [0, 0.05) is 36.0 Å². The Morgan fingerprint density at radius 2 is 1.89 bits per heavy atom. The molecule has 1 spiro atoms. The molecule has 1 aromatic carbocycles. The van der Waals surface area contributed by atoms with Crippen molar-refractivity contribution in [3.05, 3.63) is 65.5 Å². The van der Waals surface area contributed by atoms with Gasteiger partial charge in [-0.2, -0.15) is 0 Å². The molecule has 1 saturated carbocycles. The molecule has 0 amide bonds. The average molecular weight is 386 g/mol. The Morgan fingerprint density at radius 1 is 1.04 bits per heavy atom. The molecular formula is C23H28F2N2O. The maximum absolute atomic E-state index is 13.9. The summed E-state index contributed by atoms with van der Waals surface area (Å²) in [5.74, 6) is -1.55. The first-order valence-electron chi connectivity index (χ1n) is 10.3. The minimum Gasteiger partial charge on any atom is -0.375 e. The number of halogens is 2. The van der Waals surface area contributed by atoms with E-state index in [2.05, 4.69) is 17.4 Å². The molecule has 2 aliphatic rings. The van der Waals surface area contributed by atoms with Crippen molar-refractivity contribution in [2.75, 3.05) is 13.2 Å². The zero-order valence-electron chi connectivity index (χ0n) is 16.2. The fraction of sp³-hybridized carbons (Fsp3) is 0.522. The molecule has 1 atom stereocenters. The van der Waals surface area contributed by atoms with Gasteiger partial charge in [0.15, 0.2) is 11.6 Å². The lowest BCUT2D eigenvalue weighted by molar-refractivity contribution is -0.104. The predicted octanol–water partition coefficient (Wildman–Crippen LogP) is 4.90. The molecule has 0 bridgehead atoms. The van der Waals surface area contributed by atoms with Crippen LogP contribution in [0.3, 0.4) is 0 Å². The fourth-order valence-corrected chi connectivity index (χ4v) is 5.03. The van der Waals surface area contributed by atoms with Crippen LogP contribution in [-0.4, -0.2) is 23.7 Å². The van der Waals surface area contributed by atoms with Crippen LogP contribution in [0, 0.1) is 11.6 Å². The maximum Gasteiger partial charge on any atom is 0.163 e. The fourth-order valence-electron chi connectivity index (χ4n) is 5.03. The molecule has 0 unspecified atom stereocenters. The Kier molecular flexibility index (Phi) is 5.74. The molecule has 1 aromatic heterocycles. The van der Waals surface area contributed by atoms with Crippen molar-refractivity contribution in [1.82, 2.24) is 10.3 Å². The highest BCUT2D eigenvalue weighted by Crippen LogP contribution is 2.49. The standard InChI is InChI=1S/C23H28F2N2O/c24-19-7-5-6-18(21(19)25)16-26-14-11-22(20-8-1-4-13-27-20)12-15-28-23(17-22)9-2-3-10-23/h1,4-8,13,26H,2-3,9-12,14-17H2/t22-/m1/s1. The first kappa shape index (κ1) is 19.5. The molecule has 1 N–H and O–H groups in total. The van der Waals surface area contributed by atoms with Gasteiger partial charge in [-0.05, 0) is 56.8 Å². The normalized spacial score (nSPS) is 23.9. The van der Waals surface area contributed by atoms with Crippen LogP contribution in [0.4, 0.5) is 8.78 Å². The number of hydrogen-bond donors (Lipinski definition) is 1. The van der Waals surface area contributed by atoms with Crippen LogP contribution >= 0.6 is 0 Å². The third-order valence-electron chi connectivity index (χ3n) is 6.50. The van der Waals surface area contributed by atoms with E-state index in [1.807, 2.05) is 12.3 Å². The van der Waals surface area contributed by atoms with Gasteiger partial charge in [-0.25, -0.2) is 8.78 Å². The number of nitrogens with one attached hydrogen (secondary N) is 1. The quantitative estimate of drug-likeness (QED) is 0.717. The van der Waals surface area contributed by atoms with Crippen molar-refractivity contribution in [3.8, 4) is 0 Å². The topological polar surface area (TPSA) is 34.2 Å². The Hall–Kier alpha value is -1.85. The summed E-state index contributed by atoms with van der Waals surface area (Å²) < 4.78 is 33.6. The van der Waals surface area contributed by atoms with Crippen molar-refractivity contribution >= 4 is 0 Å². The molecule has 2 heterocycles. The van der Waals surface area contributed by atoms with E-state index in [1.54, 1.807) is 12.1 Å². The van der Waals surface area contributed by atoms with Crippen LogP contribution in [0.2, 0.25) is 0 Å². The molecule has 28 heavy (non-hydrogen) atoms. The summed E-state index contributed by atoms with van der Waals surface area (Å²) in [5.41, 5.74) is 1.45. The molecule has 1 aliphatic carbocycles. The second-order valence-electron chi connectivity index (χ2n) is 8.30. The molecule has 1 saturated heterocycles. The van der Waals surface area contributed by atoms with Gasteiger partial charge in [-0.3, -0.25) is 4.98 Å². The van der Waals surface area contributed by atoms with Gasteiger partial charge in [0.25, 0.3) is 0 Å². The van der Waals surface area contributed by atoms with Gasteiger partial charge in [-0.15, -0.1) is 0 Å². The van der Waals surface area contributed by atoms with E-state index in [0.717, 1.165) is 57.0 Å². The maximum atomic E-state index is 13.9. The number of nitrogens with zero attached hydrogens (tertiary/aromatic N) is 1. The monoisotopic (exact) mass is 386 g/mol. The molecule has 1 aliphatic heterocycles. The summed E-state index contributed by atoms with van der Waals surface area (Å²) in [6, 6.07) is 10.5. The molecule has 150 valence electrons. The highest BCUT2D eigenvalue weighted by atomic mass is 19.2. The lowest BCUT2D eigenvalue weighted by Crippen LogP contribution is -2.47. The van der Waals surface area contributed by atoms with Crippen molar-refractivity contribution in [1.29, 1.82) is 0 Å². The van der Waals surface area contributed by atoms with Crippen molar-refractivity contribution in [2.24, 2.45) is 0 Å². The Bertz CT molecular complexity index is 792. The van der Waals surface area contributed by atoms with Crippen molar-refractivity contribution in [2.45, 2.75) is 62.5 Å². The zero-order chi connectivity index (χ0) is 19.5. The summed E-state index contributed by atoms with van der Waals surface area (Å²) in [6.45, 7) is 1.81. The van der Waals surface area contributed by atoms with Gasteiger partial charge in [-0.1, -0.05) is 31.0 Å². The van der Waals surface area contributed by atoms with E-state index < -0.39 is 11.6 Å². The highest BCUT2D eigenvalue weighted by Gasteiger charge is 2.48. The SMILES string of the molecule is Fc1cccc(CNCC[C@@]2(c3ccccn3)CCOC3(CCCC3)C2)c1F. The van der Waals surface area contributed by atoms with E-state index in [4.69, 9.17) is 9.72 Å². The second kappa shape index (κ2) is 8.26. The van der Waals surface area contributed by atoms with Gasteiger partial charge in [0.1, 0.15) is 0 Å². The largest absolute Gasteiger partial charge is 0.375 e. The summed E-state index contributed by atoms with van der Waals surface area (Å²) >= 11 is 0. The highest BCUT2D eigenvalue weighted by molar-refractivity contribution is 5.21. The second-order valence-corrected chi connectivity index (χ2v) is 8.30. The van der Waals surface area contributed by atoms with Crippen molar-refractivity contribution in [3.63, 3.8) is 0 Å². The van der Waals surface area contributed by atoms with Crippen LogP contribution in [0.5, 0.6) is 0 Å². The summed E-state index contributed by atoms with van der Waals surface area (Å²) in [7, 11) is 0. The van der Waals surface area contributed by atoms with E-state index >= 15 is 0 Å². The Labute approximate surface area is 165 Å². The molecule has 2 fully saturated rings. The summed E-state index contributed by atoms with van der Waals surface area (Å²) in [5, 5.41) is 3.32. The summed E-state index contributed by atoms with van der Waals surface area (Å²) in [4.78, 5) is 4.70. The Morgan fingerprint density at radius 3 is 2.68 bits per heavy atom. The molecule has 2 aromatic rings.